The number of imide groups is 1. The first-order valence-corrected chi connectivity index (χ1v) is 7.58. The first kappa shape index (κ1) is 12.8. The summed E-state index contributed by atoms with van der Waals surface area (Å²) in [4.78, 5) is 27.4. The van der Waals surface area contributed by atoms with Gasteiger partial charge in [0.25, 0.3) is 0 Å². The summed E-state index contributed by atoms with van der Waals surface area (Å²) in [5.41, 5.74) is 2.28. The van der Waals surface area contributed by atoms with Crippen LogP contribution in [0.2, 0.25) is 0 Å². The maximum absolute atomic E-state index is 13.0. The van der Waals surface area contributed by atoms with E-state index in [0.717, 1.165) is 23.2 Å². The summed E-state index contributed by atoms with van der Waals surface area (Å²) >= 11 is 0. The topological polar surface area (TPSA) is 37.4 Å². The van der Waals surface area contributed by atoms with Crippen LogP contribution in [-0.2, 0) is 9.59 Å². The number of carbonyl (C=O) groups excluding carboxylic acids is 2. The third kappa shape index (κ3) is 1.39. The van der Waals surface area contributed by atoms with E-state index in [1.807, 2.05) is 39.0 Å². The minimum absolute atomic E-state index is 0.00644. The molecule has 1 aromatic rings. The third-order valence-electron chi connectivity index (χ3n) is 5.72. The average Bonchev–Trinajstić information content (AvgIpc) is 3.06. The fraction of sp³-hybridized carbons (Fsp3) is 0.444. The van der Waals surface area contributed by atoms with Crippen molar-refractivity contribution in [3.63, 3.8) is 0 Å². The van der Waals surface area contributed by atoms with Gasteiger partial charge in [0.1, 0.15) is 0 Å². The Labute approximate surface area is 124 Å². The van der Waals surface area contributed by atoms with E-state index in [1.54, 1.807) is 0 Å². The van der Waals surface area contributed by atoms with Crippen molar-refractivity contribution in [1.29, 1.82) is 0 Å². The molecule has 4 rings (SSSR count). The Morgan fingerprint density at radius 2 is 1.95 bits per heavy atom. The van der Waals surface area contributed by atoms with Crippen LogP contribution in [0.15, 0.2) is 30.4 Å². The minimum atomic E-state index is -0.535. The van der Waals surface area contributed by atoms with Crippen molar-refractivity contribution in [3.8, 4) is 0 Å². The van der Waals surface area contributed by atoms with E-state index in [-0.39, 0.29) is 29.6 Å². The summed E-state index contributed by atoms with van der Waals surface area (Å²) in [6.07, 6.45) is 5.23. The van der Waals surface area contributed by atoms with Gasteiger partial charge in [-0.05, 0) is 56.2 Å². The minimum Gasteiger partial charge on any atom is -0.274 e. The van der Waals surface area contributed by atoms with Crippen molar-refractivity contribution >= 4 is 17.5 Å². The maximum atomic E-state index is 13.0. The van der Waals surface area contributed by atoms with Gasteiger partial charge in [0.2, 0.25) is 11.8 Å². The van der Waals surface area contributed by atoms with Gasteiger partial charge in [-0.15, -0.1) is 0 Å². The lowest BCUT2D eigenvalue weighted by molar-refractivity contribution is -0.127. The second kappa shape index (κ2) is 3.85. The molecule has 0 unspecified atom stereocenters. The molecular formula is C18H19NO2. The van der Waals surface area contributed by atoms with Gasteiger partial charge in [-0.2, -0.15) is 0 Å². The molecule has 0 radical (unpaired) electrons. The Morgan fingerprint density at radius 1 is 1.19 bits per heavy atom. The van der Waals surface area contributed by atoms with Gasteiger partial charge in [-0.1, -0.05) is 24.3 Å². The molecule has 1 aromatic carbocycles. The largest absolute Gasteiger partial charge is 0.274 e. The second-order valence-corrected chi connectivity index (χ2v) is 6.92. The number of hydrogen-bond donors (Lipinski definition) is 0. The molecule has 3 nitrogen and oxygen atoms in total. The van der Waals surface area contributed by atoms with Crippen LogP contribution in [0.5, 0.6) is 0 Å². The Bertz CT molecular complexity index is 705. The molecule has 1 saturated carbocycles. The number of fused-ring (bicyclic) bond motifs is 5. The summed E-state index contributed by atoms with van der Waals surface area (Å²) < 4.78 is 0. The number of aryl methyl sites for hydroxylation is 2. The van der Waals surface area contributed by atoms with E-state index in [0.29, 0.717) is 0 Å². The zero-order valence-electron chi connectivity index (χ0n) is 12.6. The number of amides is 2. The predicted molar refractivity (Wildman–Crippen MR) is 80.7 cm³/mol. The van der Waals surface area contributed by atoms with E-state index >= 15 is 0 Å². The molecule has 4 atom stereocenters. The number of allylic oxidation sites excluding steroid dienone is 2. The van der Waals surface area contributed by atoms with Gasteiger partial charge in [-0.3, -0.25) is 9.59 Å². The van der Waals surface area contributed by atoms with Crippen molar-refractivity contribution < 1.29 is 9.59 Å². The molecule has 2 amide bonds. The maximum Gasteiger partial charge on any atom is 0.241 e. The van der Waals surface area contributed by atoms with Crippen LogP contribution in [0.25, 0.3) is 0 Å². The van der Waals surface area contributed by atoms with Crippen molar-refractivity contribution in [2.75, 3.05) is 4.90 Å². The fourth-order valence-electron chi connectivity index (χ4n) is 4.49. The van der Waals surface area contributed by atoms with Crippen LogP contribution in [0.1, 0.15) is 24.5 Å². The Balaban J connectivity index is 1.85. The standard InChI is InChI=1S/C18H19NO2/c1-10-4-5-11(2)14(8-10)19-16(20)15-12-6-7-13(9-12)18(15,3)17(19)21/h4-8,12-13,15H,9H2,1-3H3/t12-,13-,15-,18-/m0/s1. The van der Waals surface area contributed by atoms with Crippen molar-refractivity contribution in [3.05, 3.63) is 41.5 Å². The van der Waals surface area contributed by atoms with Gasteiger partial charge in [-0.25, -0.2) is 4.90 Å². The van der Waals surface area contributed by atoms with Gasteiger partial charge in [0.05, 0.1) is 17.0 Å². The molecule has 0 spiro atoms. The zero-order valence-corrected chi connectivity index (χ0v) is 12.6. The smallest absolute Gasteiger partial charge is 0.241 e. The second-order valence-electron chi connectivity index (χ2n) is 6.92. The normalized spacial score (nSPS) is 36.7. The Kier molecular flexibility index (Phi) is 2.35. The fourth-order valence-corrected chi connectivity index (χ4v) is 4.49. The Morgan fingerprint density at radius 3 is 2.67 bits per heavy atom. The lowest BCUT2D eigenvalue weighted by Gasteiger charge is -2.28. The molecule has 108 valence electrons. The summed E-state index contributed by atoms with van der Waals surface area (Å²) in [5.74, 6) is 0.279. The summed E-state index contributed by atoms with van der Waals surface area (Å²) in [6.45, 7) is 5.93. The Hall–Kier alpha value is -1.90. The highest BCUT2D eigenvalue weighted by molar-refractivity contribution is 6.24. The van der Waals surface area contributed by atoms with Crippen LogP contribution < -0.4 is 4.90 Å². The molecule has 21 heavy (non-hydrogen) atoms. The molecule has 1 heterocycles. The number of nitrogens with zero attached hydrogens (tertiary/aromatic N) is 1. The molecule has 0 aromatic heterocycles. The number of rotatable bonds is 1. The third-order valence-corrected chi connectivity index (χ3v) is 5.72. The molecule has 3 heteroatoms. The van der Waals surface area contributed by atoms with Gasteiger partial charge in [0, 0.05) is 0 Å². The van der Waals surface area contributed by atoms with E-state index < -0.39 is 5.41 Å². The van der Waals surface area contributed by atoms with Crippen LogP contribution in [0.4, 0.5) is 5.69 Å². The van der Waals surface area contributed by atoms with E-state index in [4.69, 9.17) is 0 Å². The monoisotopic (exact) mass is 281 g/mol. The van der Waals surface area contributed by atoms with Crippen LogP contribution >= 0.6 is 0 Å². The lowest BCUT2D eigenvalue weighted by atomic mass is 9.71. The molecule has 3 aliphatic rings. The molecule has 0 N–H and O–H groups in total. The highest BCUT2D eigenvalue weighted by atomic mass is 16.2. The number of carbonyl (C=O) groups is 2. The van der Waals surface area contributed by atoms with Gasteiger partial charge in [0.15, 0.2) is 0 Å². The summed E-state index contributed by atoms with van der Waals surface area (Å²) in [7, 11) is 0. The summed E-state index contributed by atoms with van der Waals surface area (Å²) in [5, 5.41) is 0. The average molecular weight is 281 g/mol. The SMILES string of the molecule is Cc1ccc(C)c(N2C(=O)[C@@H]3[C@H]4C=C[C@@H](C4)[C@]3(C)C2=O)c1. The molecule has 1 saturated heterocycles. The van der Waals surface area contributed by atoms with Gasteiger partial charge >= 0.3 is 0 Å². The summed E-state index contributed by atoms with van der Waals surface area (Å²) in [6, 6.07) is 5.94. The van der Waals surface area contributed by atoms with Crippen LogP contribution in [0, 0.1) is 37.0 Å². The van der Waals surface area contributed by atoms with E-state index in [9.17, 15) is 9.59 Å². The van der Waals surface area contributed by atoms with Crippen molar-refractivity contribution in [2.45, 2.75) is 27.2 Å². The molecule has 2 aliphatic carbocycles. The quantitative estimate of drug-likeness (QED) is 0.586. The number of anilines is 1. The van der Waals surface area contributed by atoms with Crippen LogP contribution in [-0.4, -0.2) is 11.8 Å². The first-order chi connectivity index (χ1) is 9.94. The zero-order chi connectivity index (χ0) is 14.9. The van der Waals surface area contributed by atoms with Crippen LogP contribution in [0.3, 0.4) is 0 Å². The van der Waals surface area contributed by atoms with E-state index in [1.165, 1.54) is 4.90 Å². The highest BCUT2D eigenvalue weighted by Crippen LogP contribution is 2.61. The number of benzene rings is 1. The lowest BCUT2D eigenvalue weighted by Crippen LogP contribution is -2.37. The van der Waals surface area contributed by atoms with Crippen molar-refractivity contribution in [2.24, 2.45) is 23.2 Å². The van der Waals surface area contributed by atoms with Crippen molar-refractivity contribution in [1.82, 2.24) is 0 Å². The van der Waals surface area contributed by atoms with Gasteiger partial charge < -0.3 is 0 Å². The molecule has 2 fully saturated rings. The predicted octanol–water partition coefficient (Wildman–Crippen LogP) is 3.01. The first-order valence-electron chi connectivity index (χ1n) is 7.58. The number of hydrogen-bond acceptors (Lipinski definition) is 2. The molecular weight excluding hydrogens is 262 g/mol. The molecule has 1 aliphatic heterocycles. The highest BCUT2D eigenvalue weighted by Gasteiger charge is 2.67. The molecule has 2 bridgehead atoms. The van der Waals surface area contributed by atoms with E-state index in [2.05, 4.69) is 12.2 Å².